The van der Waals surface area contributed by atoms with E-state index in [0.717, 1.165) is 7.05 Å². The van der Waals surface area contributed by atoms with Crippen molar-refractivity contribution in [2.24, 2.45) is 0 Å². The number of nitrogens with zero attached hydrogens (tertiary/aromatic N) is 1. The van der Waals surface area contributed by atoms with Gasteiger partial charge in [-0.3, -0.25) is 0 Å². The molecule has 0 rings (SSSR count). The lowest BCUT2D eigenvalue weighted by Crippen LogP contribution is -2.42. The molecular formula is C7H14F3NO. The van der Waals surface area contributed by atoms with E-state index in [4.69, 9.17) is 5.11 Å². The minimum absolute atomic E-state index is 0.121. The average molecular weight is 185 g/mol. The Bertz CT molecular complexity index is 135. The van der Waals surface area contributed by atoms with E-state index in [1.165, 1.54) is 13.8 Å². The zero-order valence-electron chi connectivity index (χ0n) is 7.39. The molecule has 0 aromatic carbocycles. The van der Waals surface area contributed by atoms with Gasteiger partial charge in [0.15, 0.2) is 0 Å². The Morgan fingerprint density at radius 1 is 1.33 bits per heavy atom. The van der Waals surface area contributed by atoms with Crippen LogP contribution in [0.3, 0.4) is 0 Å². The Morgan fingerprint density at radius 3 is 2.00 bits per heavy atom. The number of aliphatic hydroxyl groups is 1. The largest absolute Gasteiger partial charge is 0.459 e. The quantitative estimate of drug-likeness (QED) is 0.675. The molecule has 12 heavy (non-hydrogen) atoms. The van der Waals surface area contributed by atoms with Crippen LogP contribution in [-0.2, 0) is 0 Å². The van der Waals surface area contributed by atoms with Gasteiger partial charge in [0, 0.05) is 6.04 Å². The minimum atomic E-state index is -4.31. The zero-order valence-corrected chi connectivity index (χ0v) is 7.39. The van der Waals surface area contributed by atoms with Gasteiger partial charge in [-0.2, -0.15) is 13.2 Å². The molecule has 74 valence electrons. The van der Waals surface area contributed by atoms with Crippen molar-refractivity contribution in [2.45, 2.75) is 38.7 Å². The first-order chi connectivity index (χ1) is 5.25. The van der Waals surface area contributed by atoms with E-state index in [1.807, 2.05) is 0 Å². The number of halogens is 3. The number of hydrogen-bond acceptors (Lipinski definition) is 2. The highest BCUT2D eigenvalue weighted by molar-refractivity contribution is 4.67. The molecule has 5 heteroatoms. The SMILES string of the molecule is CC(O)CC(C)N(C)C(F)(F)F. The Kier molecular flexibility index (Phi) is 3.99. The fourth-order valence-electron chi connectivity index (χ4n) is 0.902. The van der Waals surface area contributed by atoms with Crippen LogP contribution in [-0.4, -0.2) is 35.5 Å². The third-order valence-electron chi connectivity index (χ3n) is 1.74. The van der Waals surface area contributed by atoms with Crippen LogP contribution in [0.2, 0.25) is 0 Å². The summed E-state index contributed by atoms with van der Waals surface area (Å²) in [6.07, 6.45) is -4.89. The third-order valence-corrected chi connectivity index (χ3v) is 1.74. The lowest BCUT2D eigenvalue weighted by molar-refractivity contribution is -0.249. The fourth-order valence-corrected chi connectivity index (χ4v) is 0.902. The van der Waals surface area contributed by atoms with Crippen molar-refractivity contribution in [3.05, 3.63) is 0 Å². The molecule has 1 N–H and O–H groups in total. The summed E-state index contributed by atoms with van der Waals surface area (Å²) in [5.74, 6) is 0. The molecule has 0 bridgehead atoms. The van der Waals surface area contributed by atoms with Crippen molar-refractivity contribution < 1.29 is 18.3 Å². The van der Waals surface area contributed by atoms with Crippen LogP contribution in [0, 0.1) is 0 Å². The van der Waals surface area contributed by atoms with Gasteiger partial charge in [0.05, 0.1) is 6.10 Å². The maximum atomic E-state index is 12.0. The molecule has 0 aromatic rings. The number of aliphatic hydroxyl groups excluding tert-OH is 1. The van der Waals surface area contributed by atoms with E-state index in [1.54, 1.807) is 0 Å². The molecule has 0 aromatic heterocycles. The highest BCUT2D eigenvalue weighted by Gasteiger charge is 2.37. The van der Waals surface area contributed by atoms with Gasteiger partial charge >= 0.3 is 6.30 Å². The minimum Gasteiger partial charge on any atom is -0.393 e. The molecular weight excluding hydrogens is 171 g/mol. The summed E-state index contributed by atoms with van der Waals surface area (Å²) in [5, 5.41) is 8.84. The molecule has 2 unspecified atom stereocenters. The standard InChI is InChI=1S/C7H14F3NO/c1-5(4-6(2)12)11(3)7(8,9)10/h5-6,12H,4H2,1-3H3. The smallest absolute Gasteiger partial charge is 0.393 e. The van der Waals surface area contributed by atoms with E-state index in [0.29, 0.717) is 4.90 Å². The lowest BCUT2D eigenvalue weighted by Gasteiger charge is -2.27. The molecule has 0 radical (unpaired) electrons. The van der Waals surface area contributed by atoms with Gasteiger partial charge < -0.3 is 5.11 Å². The summed E-state index contributed by atoms with van der Waals surface area (Å²) in [7, 11) is 0.979. The van der Waals surface area contributed by atoms with Crippen LogP contribution in [0.15, 0.2) is 0 Å². The van der Waals surface area contributed by atoms with Crippen molar-refractivity contribution in [1.29, 1.82) is 0 Å². The predicted octanol–water partition coefficient (Wildman–Crippen LogP) is 1.60. The summed E-state index contributed by atoms with van der Waals surface area (Å²) >= 11 is 0. The van der Waals surface area contributed by atoms with E-state index >= 15 is 0 Å². The first-order valence-corrected chi connectivity index (χ1v) is 3.73. The van der Waals surface area contributed by atoms with Gasteiger partial charge in [0.25, 0.3) is 0 Å². The third kappa shape index (κ3) is 3.92. The van der Waals surface area contributed by atoms with Crippen LogP contribution in [0.1, 0.15) is 20.3 Å². The Balaban J connectivity index is 4.01. The summed E-state index contributed by atoms with van der Waals surface area (Å²) in [6.45, 7) is 2.90. The summed E-state index contributed by atoms with van der Waals surface area (Å²) in [5.41, 5.74) is 0. The molecule has 0 aliphatic carbocycles. The Morgan fingerprint density at radius 2 is 1.75 bits per heavy atom. The van der Waals surface area contributed by atoms with Gasteiger partial charge in [-0.05, 0) is 27.3 Å². The van der Waals surface area contributed by atoms with Crippen molar-refractivity contribution in [3.63, 3.8) is 0 Å². The lowest BCUT2D eigenvalue weighted by atomic mass is 10.1. The number of hydrogen-bond donors (Lipinski definition) is 1. The molecule has 0 saturated carbocycles. The van der Waals surface area contributed by atoms with Crippen molar-refractivity contribution >= 4 is 0 Å². The summed E-state index contributed by atoms with van der Waals surface area (Å²) in [4.78, 5) is 0.291. The monoisotopic (exact) mass is 185 g/mol. The summed E-state index contributed by atoms with van der Waals surface area (Å²) < 4.78 is 36.0. The average Bonchev–Trinajstić information content (AvgIpc) is 1.82. The van der Waals surface area contributed by atoms with Gasteiger partial charge in [0.2, 0.25) is 0 Å². The topological polar surface area (TPSA) is 23.5 Å². The van der Waals surface area contributed by atoms with Crippen molar-refractivity contribution in [2.75, 3.05) is 7.05 Å². The maximum Gasteiger partial charge on any atom is 0.459 e. The van der Waals surface area contributed by atoms with E-state index < -0.39 is 18.4 Å². The number of rotatable bonds is 3. The second-order valence-corrected chi connectivity index (χ2v) is 3.01. The first-order valence-electron chi connectivity index (χ1n) is 3.73. The van der Waals surface area contributed by atoms with Gasteiger partial charge in [0.1, 0.15) is 0 Å². The molecule has 0 amide bonds. The van der Waals surface area contributed by atoms with Crippen LogP contribution in [0.5, 0.6) is 0 Å². The Hall–Kier alpha value is -0.290. The fraction of sp³-hybridized carbons (Fsp3) is 1.00. The highest BCUT2D eigenvalue weighted by atomic mass is 19.4. The normalized spacial score (nSPS) is 18.0. The Labute approximate surface area is 70.0 Å². The van der Waals surface area contributed by atoms with E-state index in [9.17, 15) is 13.2 Å². The summed E-state index contributed by atoms with van der Waals surface area (Å²) in [6, 6.07) is -0.690. The molecule has 2 nitrogen and oxygen atoms in total. The van der Waals surface area contributed by atoms with Gasteiger partial charge in [-0.1, -0.05) is 0 Å². The van der Waals surface area contributed by atoms with Crippen LogP contribution in [0.25, 0.3) is 0 Å². The molecule has 0 fully saturated rings. The van der Waals surface area contributed by atoms with Crippen molar-refractivity contribution in [3.8, 4) is 0 Å². The van der Waals surface area contributed by atoms with Gasteiger partial charge in [-0.15, -0.1) is 0 Å². The molecule has 0 saturated heterocycles. The first kappa shape index (κ1) is 11.7. The van der Waals surface area contributed by atoms with E-state index in [-0.39, 0.29) is 6.42 Å². The molecule has 2 atom stereocenters. The van der Waals surface area contributed by atoms with Gasteiger partial charge in [-0.25, -0.2) is 4.90 Å². The zero-order chi connectivity index (χ0) is 9.94. The highest BCUT2D eigenvalue weighted by Crippen LogP contribution is 2.23. The predicted molar refractivity (Wildman–Crippen MR) is 39.6 cm³/mol. The second-order valence-electron chi connectivity index (χ2n) is 3.01. The van der Waals surface area contributed by atoms with Crippen LogP contribution in [0.4, 0.5) is 13.2 Å². The van der Waals surface area contributed by atoms with E-state index in [2.05, 4.69) is 0 Å². The van der Waals surface area contributed by atoms with Crippen LogP contribution < -0.4 is 0 Å². The molecule has 0 aliphatic heterocycles. The molecule has 0 aliphatic rings. The second kappa shape index (κ2) is 4.09. The number of alkyl halides is 3. The molecule has 0 heterocycles. The van der Waals surface area contributed by atoms with Crippen LogP contribution >= 0.6 is 0 Å². The van der Waals surface area contributed by atoms with Crippen molar-refractivity contribution in [1.82, 2.24) is 4.90 Å². The maximum absolute atomic E-state index is 12.0. The molecule has 0 spiro atoms.